The van der Waals surface area contributed by atoms with Gasteiger partial charge in [-0.25, -0.2) is 0 Å². The van der Waals surface area contributed by atoms with E-state index in [1.165, 1.54) is 7.11 Å². The SMILES string of the molecule is COC(=O)C12CCC(C3CO3)(CC1)CC2. The van der Waals surface area contributed by atoms with Crippen molar-refractivity contribution in [2.24, 2.45) is 10.8 Å². The van der Waals surface area contributed by atoms with Gasteiger partial charge in [0.2, 0.25) is 0 Å². The fourth-order valence-electron chi connectivity index (χ4n) is 3.62. The fourth-order valence-corrected chi connectivity index (χ4v) is 3.62. The topological polar surface area (TPSA) is 38.8 Å². The summed E-state index contributed by atoms with van der Waals surface area (Å²) in [6.07, 6.45) is 7.03. The van der Waals surface area contributed by atoms with E-state index in [1.54, 1.807) is 0 Å². The Bertz CT molecular complexity index is 269. The Balaban J connectivity index is 1.78. The van der Waals surface area contributed by atoms with E-state index in [1.807, 2.05) is 0 Å². The molecule has 0 spiro atoms. The summed E-state index contributed by atoms with van der Waals surface area (Å²) in [6, 6.07) is 0. The van der Waals surface area contributed by atoms with Crippen LogP contribution < -0.4 is 0 Å². The first-order valence-corrected chi connectivity index (χ1v) is 5.91. The van der Waals surface area contributed by atoms with Crippen LogP contribution in [-0.2, 0) is 14.3 Å². The summed E-state index contributed by atoms with van der Waals surface area (Å²) < 4.78 is 10.4. The largest absolute Gasteiger partial charge is 0.469 e. The Labute approximate surface area is 90.1 Å². The monoisotopic (exact) mass is 210 g/mol. The first-order valence-electron chi connectivity index (χ1n) is 5.91. The number of fused-ring (bicyclic) bond motifs is 3. The van der Waals surface area contributed by atoms with Gasteiger partial charge < -0.3 is 9.47 Å². The third-order valence-corrected chi connectivity index (χ3v) is 4.94. The molecule has 1 aliphatic heterocycles. The predicted octanol–water partition coefficient (Wildman–Crippen LogP) is 1.90. The van der Waals surface area contributed by atoms with Gasteiger partial charge in [-0.15, -0.1) is 0 Å². The highest BCUT2D eigenvalue weighted by atomic mass is 16.6. The van der Waals surface area contributed by atoms with E-state index in [4.69, 9.17) is 9.47 Å². The molecule has 4 aliphatic rings. The molecule has 1 heterocycles. The molecule has 0 aromatic rings. The number of ether oxygens (including phenoxy) is 2. The molecule has 3 heteroatoms. The molecule has 15 heavy (non-hydrogen) atoms. The maximum Gasteiger partial charge on any atom is 0.311 e. The molecule has 1 atom stereocenters. The van der Waals surface area contributed by atoms with Crippen LogP contribution in [0.25, 0.3) is 0 Å². The van der Waals surface area contributed by atoms with Crippen molar-refractivity contribution in [3.05, 3.63) is 0 Å². The standard InChI is InChI=1S/C12H18O3/c1-14-10(13)12-5-2-11(3-6-12,4-7-12)9-8-15-9/h9H,2-8H2,1H3. The van der Waals surface area contributed by atoms with E-state index in [9.17, 15) is 4.79 Å². The molecular weight excluding hydrogens is 192 g/mol. The van der Waals surface area contributed by atoms with Crippen molar-refractivity contribution in [1.29, 1.82) is 0 Å². The average molecular weight is 210 g/mol. The van der Waals surface area contributed by atoms with Crippen molar-refractivity contribution < 1.29 is 14.3 Å². The van der Waals surface area contributed by atoms with Crippen molar-refractivity contribution >= 4 is 5.97 Å². The Hall–Kier alpha value is -0.570. The minimum Gasteiger partial charge on any atom is -0.469 e. The van der Waals surface area contributed by atoms with E-state index in [0.29, 0.717) is 11.5 Å². The molecule has 84 valence electrons. The van der Waals surface area contributed by atoms with E-state index < -0.39 is 0 Å². The van der Waals surface area contributed by atoms with Gasteiger partial charge >= 0.3 is 5.97 Å². The molecule has 1 saturated heterocycles. The normalized spacial score (nSPS) is 47.7. The van der Waals surface area contributed by atoms with Crippen LogP contribution in [0, 0.1) is 10.8 Å². The van der Waals surface area contributed by atoms with Gasteiger partial charge in [0, 0.05) is 0 Å². The first kappa shape index (κ1) is 9.64. The summed E-state index contributed by atoms with van der Waals surface area (Å²) in [5.41, 5.74) is 0.293. The number of methoxy groups -OCH3 is 1. The van der Waals surface area contributed by atoms with E-state index in [-0.39, 0.29) is 11.4 Å². The summed E-state index contributed by atoms with van der Waals surface area (Å²) in [4.78, 5) is 11.8. The van der Waals surface area contributed by atoms with Crippen molar-refractivity contribution in [2.45, 2.75) is 44.6 Å². The molecule has 0 amide bonds. The molecule has 0 aromatic carbocycles. The van der Waals surface area contributed by atoms with Crippen LogP contribution in [0.5, 0.6) is 0 Å². The van der Waals surface area contributed by atoms with Crippen molar-refractivity contribution in [3.63, 3.8) is 0 Å². The minimum atomic E-state index is -0.134. The lowest BCUT2D eigenvalue weighted by atomic mass is 9.53. The van der Waals surface area contributed by atoms with Gasteiger partial charge in [0.05, 0.1) is 25.2 Å². The molecule has 0 N–H and O–H groups in total. The summed E-state index contributed by atoms with van der Waals surface area (Å²) in [5.74, 6) is 0.0208. The number of esters is 1. The summed E-state index contributed by atoms with van der Waals surface area (Å²) in [6.45, 7) is 0.950. The Morgan fingerprint density at radius 3 is 2.13 bits per heavy atom. The number of rotatable bonds is 2. The van der Waals surface area contributed by atoms with Crippen molar-refractivity contribution in [2.75, 3.05) is 13.7 Å². The summed E-state index contributed by atoms with van der Waals surface area (Å²) in [7, 11) is 1.51. The quantitative estimate of drug-likeness (QED) is 0.516. The highest BCUT2D eigenvalue weighted by Gasteiger charge is 2.58. The van der Waals surface area contributed by atoms with Crippen molar-refractivity contribution in [1.82, 2.24) is 0 Å². The smallest absolute Gasteiger partial charge is 0.311 e. The first-order chi connectivity index (χ1) is 7.21. The van der Waals surface area contributed by atoms with Gasteiger partial charge in [-0.1, -0.05) is 0 Å². The molecule has 4 rings (SSSR count). The highest BCUT2D eigenvalue weighted by Crippen LogP contribution is 2.60. The third-order valence-electron chi connectivity index (χ3n) is 4.94. The Morgan fingerprint density at radius 1 is 1.20 bits per heavy atom. The average Bonchev–Trinajstić information content (AvgIpc) is 3.14. The zero-order valence-electron chi connectivity index (χ0n) is 9.25. The van der Waals surface area contributed by atoms with Crippen LogP contribution in [0.3, 0.4) is 0 Å². The van der Waals surface area contributed by atoms with Gasteiger partial charge in [-0.2, -0.15) is 0 Å². The second-order valence-corrected chi connectivity index (χ2v) is 5.46. The van der Waals surface area contributed by atoms with Gasteiger partial charge in [0.1, 0.15) is 0 Å². The van der Waals surface area contributed by atoms with Crippen molar-refractivity contribution in [3.8, 4) is 0 Å². The lowest BCUT2D eigenvalue weighted by Gasteiger charge is -2.51. The number of hydrogen-bond donors (Lipinski definition) is 0. The van der Waals surface area contributed by atoms with Crippen LogP contribution in [-0.4, -0.2) is 25.8 Å². The molecular formula is C12H18O3. The minimum absolute atomic E-state index is 0.0208. The molecule has 0 radical (unpaired) electrons. The number of hydrogen-bond acceptors (Lipinski definition) is 3. The third kappa shape index (κ3) is 1.25. The second-order valence-electron chi connectivity index (χ2n) is 5.46. The summed E-state index contributed by atoms with van der Waals surface area (Å²) >= 11 is 0. The Kier molecular flexibility index (Phi) is 1.91. The predicted molar refractivity (Wildman–Crippen MR) is 54.3 cm³/mol. The fraction of sp³-hybridized carbons (Fsp3) is 0.917. The summed E-state index contributed by atoms with van der Waals surface area (Å²) in [5, 5.41) is 0. The van der Waals surface area contributed by atoms with Gasteiger partial charge in [0.15, 0.2) is 0 Å². The molecule has 1 unspecified atom stereocenters. The van der Waals surface area contributed by atoms with Gasteiger partial charge in [0.25, 0.3) is 0 Å². The van der Waals surface area contributed by atoms with E-state index >= 15 is 0 Å². The molecule has 2 bridgehead atoms. The van der Waals surface area contributed by atoms with Crippen LogP contribution in [0.4, 0.5) is 0 Å². The Morgan fingerprint density at radius 2 is 1.73 bits per heavy atom. The maximum absolute atomic E-state index is 11.8. The maximum atomic E-state index is 11.8. The highest BCUT2D eigenvalue weighted by molar-refractivity contribution is 5.77. The number of carbonyl (C=O) groups excluding carboxylic acids is 1. The molecule has 4 fully saturated rings. The second kappa shape index (κ2) is 2.97. The zero-order valence-corrected chi connectivity index (χ0v) is 9.25. The number of carbonyl (C=O) groups is 1. The zero-order chi connectivity index (χ0) is 10.5. The van der Waals surface area contributed by atoms with Crippen LogP contribution in [0.2, 0.25) is 0 Å². The molecule has 3 saturated carbocycles. The van der Waals surface area contributed by atoms with Gasteiger partial charge in [-0.3, -0.25) is 4.79 Å². The molecule has 3 nitrogen and oxygen atoms in total. The lowest BCUT2D eigenvalue weighted by molar-refractivity contribution is -0.163. The van der Waals surface area contributed by atoms with Crippen LogP contribution in [0.15, 0.2) is 0 Å². The van der Waals surface area contributed by atoms with Crippen LogP contribution in [0.1, 0.15) is 38.5 Å². The van der Waals surface area contributed by atoms with E-state index in [2.05, 4.69) is 0 Å². The van der Waals surface area contributed by atoms with Gasteiger partial charge in [-0.05, 0) is 43.9 Å². The molecule has 3 aliphatic carbocycles. The lowest BCUT2D eigenvalue weighted by Crippen LogP contribution is -2.48. The number of epoxide rings is 1. The molecule has 0 aromatic heterocycles. The van der Waals surface area contributed by atoms with E-state index in [0.717, 1.165) is 45.1 Å². The van der Waals surface area contributed by atoms with Crippen LogP contribution >= 0.6 is 0 Å².